The smallest absolute Gasteiger partial charge is 0.311 e. The van der Waals surface area contributed by atoms with Crippen LogP contribution in [0.5, 0.6) is 0 Å². The molecule has 0 unspecified atom stereocenters. The van der Waals surface area contributed by atoms with E-state index in [1.54, 1.807) is 13.8 Å². The van der Waals surface area contributed by atoms with Crippen LogP contribution in [0.3, 0.4) is 0 Å². The van der Waals surface area contributed by atoms with E-state index < -0.39 is 39.3 Å². The summed E-state index contributed by atoms with van der Waals surface area (Å²) in [7, 11) is 0. The number of anilines is 1. The number of carboxylic acids is 1. The average molecular weight is 302 g/mol. The van der Waals surface area contributed by atoms with Crippen LogP contribution >= 0.6 is 0 Å². The van der Waals surface area contributed by atoms with Crippen molar-refractivity contribution in [3.8, 4) is 0 Å². The number of nitro groups is 1. The van der Waals surface area contributed by atoms with E-state index in [9.17, 15) is 28.8 Å². The molecule has 2 N–H and O–H groups in total. The third-order valence-corrected chi connectivity index (χ3v) is 3.65. The molecule has 6 nitrogen and oxygen atoms in total. The normalized spacial score (nSPS) is 11.2. The zero-order valence-corrected chi connectivity index (χ0v) is 11.7. The molecule has 1 rings (SSSR count). The molecule has 0 amide bonds. The number of benzene rings is 1. The topological polar surface area (TPSA) is 92.5 Å². The molecule has 0 aliphatic rings. The highest BCUT2D eigenvalue weighted by Gasteiger charge is 2.35. The Labute approximate surface area is 119 Å². The fourth-order valence-corrected chi connectivity index (χ4v) is 1.97. The molecule has 0 radical (unpaired) electrons. The lowest BCUT2D eigenvalue weighted by atomic mass is 9.82. The Balaban J connectivity index is 3.04. The van der Waals surface area contributed by atoms with Gasteiger partial charge < -0.3 is 10.4 Å². The maximum Gasteiger partial charge on any atom is 0.311 e. The Morgan fingerprint density at radius 2 is 1.81 bits per heavy atom. The minimum absolute atomic E-state index is 0.180. The second kappa shape index (κ2) is 6.47. The van der Waals surface area contributed by atoms with Gasteiger partial charge in [-0.05, 0) is 12.8 Å². The van der Waals surface area contributed by atoms with E-state index in [1.807, 2.05) is 0 Å². The summed E-state index contributed by atoms with van der Waals surface area (Å²) in [4.78, 5) is 20.9. The van der Waals surface area contributed by atoms with Crippen LogP contribution in [0.2, 0.25) is 0 Å². The number of nitro benzene ring substituents is 1. The summed E-state index contributed by atoms with van der Waals surface area (Å²) < 4.78 is 27.4. The fraction of sp³-hybridized carbons (Fsp3) is 0.462. The lowest BCUT2D eigenvalue weighted by Gasteiger charge is -2.27. The van der Waals surface area contributed by atoms with Crippen molar-refractivity contribution in [1.82, 2.24) is 0 Å². The molecule has 0 aliphatic carbocycles. The second-order valence-electron chi connectivity index (χ2n) is 4.69. The first-order valence-electron chi connectivity index (χ1n) is 6.38. The van der Waals surface area contributed by atoms with E-state index in [-0.39, 0.29) is 19.4 Å². The molecule has 0 saturated heterocycles. The molecule has 0 fully saturated rings. The third-order valence-electron chi connectivity index (χ3n) is 3.65. The molecule has 0 atom stereocenters. The van der Waals surface area contributed by atoms with Crippen LogP contribution in [0.4, 0.5) is 20.2 Å². The van der Waals surface area contributed by atoms with Crippen molar-refractivity contribution < 1.29 is 23.6 Å². The van der Waals surface area contributed by atoms with E-state index in [4.69, 9.17) is 0 Å². The van der Waals surface area contributed by atoms with E-state index >= 15 is 0 Å². The first kappa shape index (κ1) is 16.8. The summed E-state index contributed by atoms with van der Waals surface area (Å²) >= 11 is 0. The molecule has 0 saturated carbocycles. The SMILES string of the molecule is CCC(CC)(CNc1c(F)cc([N+](=O)[O-])cc1F)C(=O)O. The molecule has 0 bridgehead atoms. The summed E-state index contributed by atoms with van der Waals surface area (Å²) in [6.45, 7) is 3.16. The Kier molecular flexibility index (Phi) is 5.17. The first-order chi connectivity index (χ1) is 9.77. The van der Waals surface area contributed by atoms with Crippen molar-refractivity contribution in [3.05, 3.63) is 33.9 Å². The molecule has 21 heavy (non-hydrogen) atoms. The van der Waals surface area contributed by atoms with Gasteiger partial charge in [0.25, 0.3) is 5.69 Å². The zero-order chi connectivity index (χ0) is 16.2. The maximum atomic E-state index is 13.7. The summed E-state index contributed by atoms with van der Waals surface area (Å²) in [5.41, 5.74) is -2.42. The monoisotopic (exact) mass is 302 g/mol. The van der Waals surface area contributed by atoms with Crippen molar-refractivity contribution >= 4 is 17.3 Å². The Morgan fingerprint density at radius 3 is 2.14 bits per heavy atom. The summed E-state index contributed by atoms with van der Waals surface area (Å²) in [5.74, 6) is -3.33. The van der Waals surface area contributed by atoms with E-state index in [0.29, 0.717) is 12.1 Å². The predicted molar refractivity (Wildman–Crippen MR) is 72.2 cm³/mol. The number of aliphatic carboxylic acids is 1. The van der Waals surface area contributed by atoms with Crippen LogP contribution in [0.1, 0.15) is 26.7 Å². The van der Waals surface area contributed by atoms with Crippen LogP contribution in [-0.4, -0.2) is 22.5 Å². The number of hydrogen-bond donors (Lipinski definition) is 2. The molecule has 0 aromatic heterocycles. The highest BCUT2D eigenvalue weighted by Crippen LogP contribution is 2.30. The van der Waals surface area contributed by atoms with Crippen LogP contribution in [0.25, 0.3) is 0 Å². The maximum absolute atomic E-state index is 13.7. The van der Waals surface area contributed by atoms with Crippen LogP contribution in [-0.2, 0) is 4.79 Å². The molecule has 0 spiro atoms. The number of nitrogens with zero attached hydrogens (tertiary/aromatic N) is 1. The van der Waals surface area contributed by atoms with Gasteiger partial charge in [-0.2, -0.15) is 0 Å². The standard InChI is InChI=1S/C13H16F2N2O4/c1-3-13(4-2,12(18)19)7-16-11-9(14)5-8(17(20)21)6-10(11)15/h5-6,16H,3-4,7H2,1-2H3,(H,18,19). The largest absolute Gasteiger partial charge is 0.481 e. The van der Waals surface area contributed by atoms with Crippen molar-refractivity contribution in [2.75, 3.05) is 11.9 Å². The Morgan fingerprint density at radius 1 is 1.33 bits per heavy atom. The number of hydrogen-bond acceptors (Lipinski definition) is 4. The van der Waals surface area contributed by atoms with Gasteiger partial charge in [-0.3, -0.25) is 14.9 Å². The Hall–Kier alpha value is -2.25. The molecule has 1 aromatic rings. The van der Waals surface area contributed by atoms with Gasteiger partial charge in [0, 0.05) is 6.54 Å². The molecule has 116 valence electrons. The average Bonchev–Trinajstić information content (AvgIpc) is 2.41. The quantitative estimate of drug-likeness (QED) is 0.596. The Bertz CT molecular complexity index is 536. The lowest BCUT2D eigenvalue weighted by molar-refractivity contribution is -0.385. The van der Waals surface area contributed by atoms with Crippen molar-refractivity contribution in [3.63, 3.8) is 0 Å². The summed E-state index contributed by atoms with van der Waals surface area (Å²) in [6, 6.07) is 1.18. The minimum Gasteiger partial charge on any atom is -0.481 e. The number of carbonyl (C=O) groups is 1. The number of carboxylic acid groups (broad SMARTS) is 1. The van der Waals surface area contributed by atoms with Gasteiger partial charge in [-0.1, -0.05) is 13.8 Å². The second-order valence-corrected chi connectivity index (χ2v) is 4.69. The predicted octanol–water partition coefficient (Wildman–Crippen LogP) is 3.18. The van der Waals surface area contributed by atoms with Crippen molar-refractivity contribution in [2.45, 2.75) is 26.7 Å². The molecule has 8 heteroatoms. The third kappa shape index (κ3) is 3.45. The van der Waals surface area contributed by atoms with Gasteiger partial charge in [0.1, 0.15) is 5.69 Å². The number of halogens is 2. The minimum atomic E-state index is -1.15. The molecular formula is C13H16F2N2O4. The van der Waals surface area contributed by atoms with Crippen molar-refractivity contribution in [1.29, 1.82) is 0 Å². The van der Waals surface area contributed by atoms with Gasteiger partial charge in [0.2, 0.25) is 0 Å². The van der Waals surface area contributed by atoms with E-state index in [0.717, 1.165) is 0 Å². The molecule has 1 aromatic carbocycles. The first-order valence-corrected chi connectivity index (χ1v) is 6.38. The highest BCUT2D eigenvalue weighted by molar-refractivity contribution is 5.75. The van der Waals surface area contributed by atoms with Crippen LogP contribution < -0.4 is 5.32 Å². The number of rotatable bonds is 7. The van der Waals surface area contributed by atoms with Crippen molar-refractivity contribution in [2.24, 2.45) is 5.41 Å². The molecular weight excluding hydrogens is 286 g/mol. The van der Waals surface area contributed by atoms with Gasteiger partial charge in [0.05, 0.1) is 22.5 Å². The van der Waals surface area contributed by atoms with Gasteiger partial charge in [0.15, 0.2) is 11.6 Å². The highest BCUT2D eigenvalue weighted by atomic mass is 19.1. The number of non-ortho nitro benzene ring substituents is 1. The van der Waals surface area contributed by atoms with Gasteiger partial charge in [-0.15, -0.1) is 0 Å². The lowest BCUT2D eigenvalue weighted by Crippen LogP contribution is -2.37. The molecule has 0 aliphatic heterocycles. The zero-order valence-electron chi connectivity index (χ0n) is 11.7. The van der Waals surface area contributed by atoms with E-state index in [2.05, 4.69) is 5.32 Å². The van der Waals surface area contributed by atoms with Gasteiger partial charge >= 0.3 is 5.97 Å². The number of nitrogens with one attached hydrogen (secondary N) is 1. The summed E-state index contributed by atoms with van der Waals surface area (Å²) in [6.07, 6.45) is 0.560. The van der Waals surface area contributed by atoms with Crippen LogP contribution in [0, 0.1) is 27.2 Å². The molecule has 0 heterocycles. The van der Waals surface area contributed by atoms with Crippen LogP contribution in [0.15, 0.2) is 12.1 Å². The van der Waals surface area contributed by atoms with E-state index in [1.165, 1.54) is 0 Å². The fourth-order valence-electron chi connectivity index (χ4n) is 1.97. The van der Waals surface area contributed by atoms with Gasteiger partial charge in [-0.25, -0.2) is 8.78 Å². The summed E-state index contributed by atoms with van der Waals surface area (Å²) in [5, 5.41) is 22.1.